The minimum absolute atomic E-state index is 0.211. The van der Waals surface area contributed by atoms with E-state index in [-0.39, 0.29) is 5.97 Å². The van der Waals surface area contributed by atoms with Gasteiger partial charge in [0.25, 0.3) is 0 Å². The molecule has 72 valence electrons. The molecule has 0 atom stereocenters. The standard InChI is InChI=1S/C7H8.C4H8O2/c1-7-5-3-2-4-6-7;1-3-6-4(2)5/h2-6H,1H3;3H2,1-2H3. The van der Waals surface area contributed by atoms with Gasteiger partial charge in [0.2, 0.25) is 0 Å². The van der Waals surface area contributed by atoms with E-state index in [4.69, 9.17) is 0 Å². The Morgan fingerprint density at radius 2 is 1.85 bits per heavy atom. The van der Waals surface area contributed by atoms with Crippen LogP contribution >= 0.6 is 0 Å². The number of rotatable bonds is 1. The summed E-state index contributed by atoms with van der Waals surface area (Å²) in [5.74, 6) is -0.211. The molecular weight excluding hydrogens is 164 g/mol. The van der Waals surface area contributed by atoms with E-state index in [0.717, 1.165) is 0 Å². The fourth-order valence-corrected chi connectivity index (χ4v) is 0.738. The normalized spacial score (nSPS) is 8.23. The zero-order valence-electron chi connectivity index (χ0n) is 8.41. The number of esters is 1. The van der Waals surface area contributed by atoms with Gasteiger partial charge in [-0.15, -0.1) is 0 Å². The maximum atomic E-state index is 9.82. The lowest BCUT2D eigenvalue weighted by Crippen LogP contribution is -1.95. The Hall–Kier alpha value is -1.31. The Labute approximate surface area is 79.5 Å². The molecule has 0 aliphatic rings. The lowest BCUT2D eigenvalue weighted by molar-refractivity contribution is -0.140. The molecule has 0 aliphatic carbocycles. The fourth-order valence-electron chi connectivity index (χ4n) is 0.738. The molecule has 2 nitrogen and oxygen atoms in total. The minimum atomic E-state index is -0.211. The van der Waals surface area contributed by atoms with Gasteiger partial charge in [-0.05, 0) is 13.8 Å². The molecule has 0 amide bonds. The third-order valence-electron chi connectivity index (χ3n) is 1.29. The number of ether oxygens (including phenoxy) is 1. The number of carbonyl (C=O) groups excluding carboxylic acids is 1. The Morgan fingerprint density at radius 3 is 2.00 bits per heavy atom. The van der Waals surface area contributed by atoms with E-state index >= 15 is 0 Å². The number of benzene rings is 1. The van der Waals surface area contributed by atoms with Crippen LogP contribution in [-0.4, -0.2) is 12.6 Å². The third-order valence-corrected chi connectivity index (χ3v) is 1.29. The number of hydrogen-bond acceptors (Lipinski definition) is 2. The van der Waals surface area contributed by atoms with E-state index in [1.807, 2.05) is 18.2 Å². The number of carbonyl (C=O) groups is 1. The van der Waals surface area contributed by atoms with Gasteiger partial charge in [-0.1, -0.05) is 35.9 Å². The van der Waals surface area contributed by atoms with Crippen LogP contribution in [0.1, 0.15) is 19.4 Å². The highest BCUT2D eigenvalue weighted by molar-refractivity contribution is 5.65. The molecule has 0 spiro atoms. The molecule has 1 rings (SSSR count). The van der Waals surface area contributed by atoms with Gasteiger partial charge in [0.05, 0.1) is 6.61 Å². The molecule has 0 unspecified atom stereocenters. The topological polar surface area (TPSA) is 26.3 Å². The van der Waals surface area contributed by atoms with Gasteiger partial charge in [-0.2, -0.15) is 0 Å². The summed E-state index contributed by atoms with van der Waals surface area (Å²) >= 11 is 0. The highest BCUT2D eigenvalue weighted by Gasteiger charge is 1.81. The molecule has 0 aromatic heterocycles. The third kappa shape index (κ3) is 8.60. The van der Waals surface area contributed by atoms with Crippen molar-refractivity contribution >= 4 is 5.97 Å². The van der Waals surface area contributed by atoms with Crippen molar-refractivity contribution in [3.63, 3.8) is 0 Å². The minimum Gasteiger partial charge on any atom is -0.466 e. The summed E-state index contributed by atoms with van der Waals surface area (Å²) in [6.07, 6.45) is 0. The molecule has 0 aliphatic heterocycles. The summed E-state index contributed by atoms with van der Waals surface area (Å²) in [4.78, 5) is 9.82. The van der Waals surface area contributed by atoms with Crippen LogP contribution < -0.4 is 0 Å². The Bertz CT molecular complexity index is 229. The Balaban J connectivity index is 0.000000226. The molecule has 0 heterocycles. The van der Waals surface area contributed by atoms with E-state index < -0.39 is 0 Å². The molecule has 0 radical (unpaired) electrons. The van der Waals surface area contributed by atoms with Gasteiger partial charge in [-0.3, -0.25) is 4.79 Å². The van der Waals surface area contributed by atoms with Crippen LogP contribution in [-0.2, 0) is 9.53 Å². The second-order valence-electron chi connectivity index (χ2n) is 2.58. The van der Waals surface area contributed by atoms with Crippen molar-refractivity contribution in [3.05, 3.63) is 35.9 Å². The average Bonchev–Trinajstić information content (AvgIpc) is 2.06. The van der Waals surface area contributed by atoms with Crippen molar-refractivity contribution < 1.29 is 9.53 Å². The summed E-state index contributed by atoms with van der Waals surface area (Å²) in [5, 5.41) is 0. The maximum absolute atomic E-state index is 9.82. The molecule has 0 bridgehead atoms. The van der Waals surface area contributed by atoms with Gasteiger partial charge in [0.15, 0.2) is 0 Å². The molecule has 0 saturated heterocycles. The summed E-state index contributed by atoms with van der Waals surface area (Å²) in [5.41, 5.74) is 1.32. The first-order chi connectivity index (χ1) is 6.16. The predicted octanol–water partition coefficient (Wildman–Crippen LogP) is 2.56. The average molecular weight is 180 g/mol. The second kappa shape index (κ2) is 7.35. The lowest BCUT2D eigenvalue weighted by atomic mass is 10.2. The first-order valence-electron chi connectivity index (χ1n) is 4.31. The zero-order valence-corrected chi connectivity index (χ0v) is 8.41. The van der Waals surface area contributed by atoms with Crippen LogP contribution in [0.15, 0.2) is 30.3 Å². The van der Waals surface area contributed by atoms with Crippen molar-refractivity contribution in [2.75, 3.05) is 6.61 Å². The maximum Gasteiger partial charge on any atom is 0.302 e. The van der Waals surface area contributed by atoms with Gasteiger partial charge < -0.3 is 4.74 Å². The van der Waals surface area contributed by atoms with Crippen LogP contribution in [0.3, 0.4) is 0 Å². The fraction of sp³-hybridized carbons (Fsp3) is 0.364. The first-order valence-corrected chi connectivity index (χ1v) is 4.31. The smallest absolute Gasteiger partial charge is 0.302 e. The summed E-state index contributed by atoms with van der Waals surface area (Å²) in [7, 11) is 0. The van der Waals surface area contributed by atoms with Crippen LogP contribution in [0.4, 0.5) is 0 Å². The summed E-state index contributed by atoms with van der Waals surface area (Å²) in [6, 6.07) is 10.3. The van der Waals surface area contributed by atoms with Gasteiger partial charge >= 0.3 is 5.97 Å². The van der Waals surface area contributed by atoms with Gasteiger partial charge in [0, 0.05) is 6.92 Å². The van der Waals surface area contributed by atoms with Crippen molar-refractivity contribution in [1.82, 2.24) is 0 Å². The highest BCUT2D eigenvalue weighted by Crippen LogP contribution is 1.92. The largest absolute Gasteiger partial charge is 0.466 e. The SMILES string of the molecule is CCOC(C)=O.Cc1ccccc1. The predicted molar refractivity (Wildman–Crippen MR) is 53.5 cm³/mol. The van der Waals surface area contributed by atoms with E-state index in [1.165, 1.54) is 12.5 Å². The van der Waals surface area contributed by atoms with Crippen molar-refractivity contribution in [2.24, 2.45) is 0 Å². The zero-order chi connectivity index (χ0) is 10.1. The quantitative estimate of drug-likeness (QED) is 0.621. The first kappa shape index (κ1) is 11.7. The van der Waals surface area contributed by atoms with Crippen molar-refractivity contribution in [1.29, 1.82) is 0 Å². The van der Waals surface area contributed by atoms with Crippen LogP contribution in [0.25, 0.3) is 0 Å². The highest BCUT2D eigenvalue weighted by atomic mass is 16.5. The molecule has 1 aromatic rings. The number of hydrogen-bond donors (Lipinski definition) is 0. The van der Waals surface area contributed by atoms with Crippen LogP contribution in [0, 0.1) is 6.92 Å². The Kier molecular flexibility index (Phi) is 6.60. The Morgan fingerprint density at radius 1 is 1.31 bits per heavy atom. The molecule has 0 N–H and O–H groups in total. The summed E-state index contributed by atoms with van der Waals surface area (Å²) in [6.45, 7) is 5.74. The van der Waals surface area contributed by atoms with Gasteiger partial charge in [-0.25, -0.2) is 0 Å². The molecule has 2 heteroatoms. The molecule has 1 aromatic carbocycles. The molecular formula is C11H16O2. The van der Waals surface area contributed by atoms with E-state index in [0.29, 0.717) is 6.61 Å². The van der Waals surface area contributed by atoms with E-state index in [1.54, 1.807) is 6.92 Å². The molecule has 0 fully saturated rings. The van der Waals surface area contributed by atoms with Crippen molar-refractivity contribution in [2.45, 2.75) is 20.8 Å². The van der Waals surface area contributed by atoms with E-state index in [9.17, 15) is 4.79 Å². The monoisotopic (exact) mass is 180 g/mol. The van der Waals surface area contributed by atoms with Crippen LogP contribution in [0.2, 0.25) is 0 Å². The van der Waals surface area contributed by atoms with Crippen LogP contribution in [0.5, 0.6) is 0 Å². The number of aryl methyl sites for hydroxylation is 1. The van der Waals surface area contributed by atoms with Crippen molar-refractivity contribution in [3.8, 4) is 0 Å². The molecule has 13 heavy (non-hydrogen) atoms. The summed E-state index contributed by atoms with van der Waals surface area (Å²) < 4.78 is 4.40. The molecule has 0 saturated carbocycles. The van der Waals surface area contributed by atoms with E-state index in [2.05, 4.69) is 23.8 Å². The second-order valence-corrected chi connectivity index (χ2v) is 2.58. The van der Waals surface area contributed by atoms with Gasteiger partial charge in [0.1, 0.15) is 0 Å². The lowest BCUT2D eigenvalue weighted by Gasteiger charge is -1.89.